The second kappa shape index (κ2) is 9.56. The summed E-state index contributed by atoms with van der Waals surface area (Å²) in [5.74, 6) is -1.18. The Hall–Kier alpha value is -3.16. The zero-order valence-corrected chi connectivity index (χ0v) is 17.4. The third kappa shape index (κ3) is 5.46. The summed E-state index contributed by atoms with van der Waals surface area (Å²) in [6.45, 7) is 2.25. The Bertz CT molecular complexity index is 1100. The van der Waals surface area contributed by atoms with E-state index in [0.717, 1.165) is 11.1 Å². The van der Waals surface area contributed by atoms with Crippen LogP contribution in [0.4, 0.5) is 5.69 Å². The summed E-state index contributed by atoms with van der Waals surface area (Å²) in [5.41, 5.74) is 2.21. The molecule has 156 valence electrons. The van der Waals surface area contributed by atoms with E-state index >= 15 is 0 Å². The fourth-order valence-electron chi connectivity index (χ4n) is 3.12. The molecule has 0 fully saturated rings. The molecule has 6 nitrogen and oxygen atoms in total. The third-order valence-corrected chi connectivity index (χ3v) is 6.30. The Morgan fingerprint density at radius 1 is 0.967 bits per heavy atom. The quantitative estimate of drug-likeness (QED) is 0.481. The van der Waals surface area contributed by atoms with Gasteiger partial charge < -0.3 is 10.4 Å². The van der Waals surface area contributed by atoms with Gasteiger partial charge in [0.1, 0.15) is 4.90 Å². The van der Waals surface area contributed by atoms with Gasteiger partial charge in [0, 0.05) is 12.6 Å². The van der Waals surface area contributed by atoms with E-state index in [1.165, 1.54) is 18.2 Å². The molecule has 0 aliphatic heterocycles. The summed E-state index contributed by atoms with van der Waals surface area (Å²) >= 11 is 0. The minimum atomic E-state index is -3.97. The van der Waals surface area contributed by atoms with Crippen molar-refractivity contribution in [1.82, 2.24) is 4.72 Å². The molecule has 3 aromatic rings. The third-order valence-electron chi connectivity index (χ3n) is 4.72. The van der Waals surface area contributed by atoms with E-state index in [2.05, 4.69) is 10.0 Å². The highest BCUT2D eigenvalue weighted by Crippen LogP contribution is 2.25. The first-order valence-electron chi connectivity index (χ1n) is 9.59. The van der Waals surface area contributed by atoms with E-state index in [1.54, 1.807) is 6.92 Å². The van der Waals surface area contributed by atoms with Gasteiger partial charge in [-0.3, -0.25) is 0 Å². The standard InChI is InChI=1S/C23H24N2O4S/c1-17(19-10-6-3-7-11-19)25-30(28,29)22-16-20(23(26)27)12-13-21(22)24-15-14-18-8-4-2-5-9-18/h2-13,16-17,24-25H,14-15H2,1H3,(H,26,27). The van der Waals surface area contributed by atoms with Gasteiger partial charge in [-0.15, -0.1) is 0 Å². The Morgan fingerprint density at radius 3 is 2.23 bits per heavy atom. The number of aromatic carboxylic acids is 1. The first-order chi connectivity index (χ1) is 14.4. The van der Waals surface area contributed by atoms with Crippen LogP contribution >= 0.6 is 0 Å². The molecule has 7 heteroatoms. The van der Waals surface area contributed by atoms with Crippen molar-refractivity contribution in [3.05, 3.63) is 95.6 Å². The second-order valence-electron chi connectivity index (χ2n) is 6.93. The fraction of sp³-hybridized carbons (Fsp3) is 0.174. The van der Waals surface area contributed by atoms with Crippen LogP contribution in [0.5, 0.6) is 0 Å². The van der Waals surface area contributed by atoms with Crippen LogP contribution in [0.2, 0.25) is 0 Å². The minimum absolute atomic E-state index is 0.0850. The van der Waals surface area contributed by atoms with Crippen LogP contribution in [-0.2, 0) is 16.4 Å². The van der Waals surface area contributed by atoms with Gasteiger partial charge in [-0.1, -0.05) is 60.7 Å². The van der Waals surface area contributed by atoms with Gasteiger partial charge in [0.2, 0.25) is 10.0 Å². The van der Waals surface area contributed by atoms with Gasteiger partial charge in [-0.25, -0.2) is 17.9 Å². The fourth-order valence-corrected chi connectivity index (χ4v) is 4.56. The maximum atomic E-state index is 13.1. The summed E-state index contributed by atoms with van der Waals surface area (Å²) in [7, 11) is -3.97. The number of carbonyl (C=O) groups is 1. The Balaban J connectivity index is 1.84. The van der Waals surface area contributed by atoms with Crippen LogP contribution in [0.15, 0.2) is 83.8 Å². The summed E-state index contributed by atoms with van der Waals surface area (Å²) in [4.78, 5) is 11.3. The molecule has 0 radical (unpaired) electrons. The number of benzene rings is 3. The number of carboxylic acid groups (broad SMARTS) is 1. The summed E-state index contributed by atoms with van der Waals surface area (Å²) in [6.07, 6.45) is 0.703. The zero-order valence-electron chi connectivity index (χ0n) is 16.6. The molecule has 0 amide bonds. The van der Waals surface area contributed by atoms with Gasteiger partial charge in [-0.05, 0) is 42.7 Å². The SMILES string of the molecule is CC(NS(=O)(=O)c1cc(C(=O)O)ccc1NCCc1ccccc1)c1ccccc1. The summed E-state index contributed by atoms with van der Waals surface area (Å²) < 4.78 is 28.8. The van der Waals surface area contributed by atoms with Gasteiger partial charge in [0.15, 0.2) is 0 Å². The smallest absolute Gasteiger partial charge is 0.335 e. The maximum Gasteiger partial charge on any atom is 0.335 e. The average Bonchev–Trinajstić information content (AvgIpc) is 2.75. The van der Waals surface area contributed by atoms with Crippen molar-refractivity contribution in [2.24, 2.45) is 0 Å². The first kappa shape index (κ1) is 21.5. The normalized spacial score (nSPS) is 12.3. The summed E-state index contributed by atoms with van der Waals surface area (Å²) in [6, 6.07) is 22.6. The maximum absolute atomic E-state index is 13.1. The predicted octanol–water partition coefficient (Wildman–Crippen LogP) is 4.08. The molecule has 0 heterocycles. The molecule has 0 saturated carbocycles. The summed E-state index contributed by atoms with van der Waals surface area (Å²) in [5, 5.41) is 12.4. The molecular formula is C23H24N2O4S. The molecule has 1 atom stereocenters. The molecule has 0 aliphatic carbocycles. The van der Waals surface area contributed by atoms with Crippen LogP contribution < -0.4 is 10.0 Å². The van der Waals surface area contributed by atoms with Gasteiger partial charge in [0.05, 0.1) is 11.3 Å². The van der Waals surface area contributed by atoms with Crippen molar-refractivity contribution in [1.29, 1.82) is 0 Å². The number of carboxylic acids is 1. The monoisotopic (exact) mass is 424 g/mol. The Morgan fingerprint density at radius 2 is 1.60 bits per heavy atom. The van der Waals surface area contributed by atoms with Crippen molar-refractivity contribution in [2.75, 3.05) is 11.9 Å². The molecule has 1 unspecified atom stereocenters. The largest absolute Gasteiger partial charge is 0.478 e. The number of anilines is 1. The number of nitrogens with one attached hydrogen (secondary N) is 2. The second-order valence-corrected chi connectivity index (χ2v) is 8.61. The predicted molar refractivity (Wildman–Crippen MR) is 117 cm³/mol. The zero-order chi connectivity index (χ0) is 21.6. The molecular weight excluding hydrogens is 400 g/mol. The van der Waals surface area contributed by atoms with E-state index in [4.69, 9.17) is 0 Å². The highest BCUT2D eigenvalue weighted by atomic mass is 32.2. The first-order valence-corrected chi connectivity index (χ1v) is 11.1. The molecule has 3 rings (SSSR count). The number of sulfonamides is 1. The molecule has 0 aromatic heterocycles. The molecule has 30 heavy (non-hydrogen) atoms. The lowest BCUT2D eigenvalue weighted by atomic mass is 10.1. The van der Waals surface area contributed by atoms with Crippen molar-refractivity contribution < 1.29 is 18.3 Å². The average molecular weight is 425 g/mol. The van der Waals surface area contributed by atoms with Crippen LogP contribution in [0.3, 0.4) is 0 Å². The lowest BCUT2D eigenvalue weighted by Gasteiger charge is -2.18. The Labute approximate surface area is 176 Å². The van der Waals surface area contributed by atoms with E-state index in [9.17, 15) is 18.3 Å². The molecule has 0 spiro atoms. The topological polar surface area (TPSA) is 95.5 Å². The van der Waals surface area contributed by atoms with Crippen LogP contribution in [0.25, 0.3) is 0 Å². The van der Waals surface area contributed by atoms with E-state index < -0.39 is 22.0 Å². The Kier molecular flexibility index (Phi) is 6.87. The molecule has 3 aromatic carbocycles. The number of rotatable bonds is 9. The molecule has 3 N–H and O–H groups in total. The van der Waals surface area contributed by atoms with Crippen LogP contribution in [0.1, 0.15) is 34.5 Å². The lowest BCUT2D eigenvalue weighted by Crippen LogP contribution is -2.28. The van der Waals surface area contributed by atoms with Crippen molar-refractivity contribution in [3.8, 4) is 0 Å². The van der Waals surface area contributed by atoms with Crippen molar-refractivity contribution >= 4 is 21.7 Å². The molecule has 0 bridgehead atoms. The van der Waals surface area contributed by atoms with Gasteiger partial charge in [-0.2, -0.15) is 0 Å². The highest BCUT2D eigenvalue weighted by Gasteiger charge is 2.23. The number of hydrogen-bond acceptors (Lipinski definition) is 4. The molecule has 0 saturated heterocycles. The molecule has 0 aliphatic rings. The van der Waals surface area contributed by atoms with E-state index in [0.29, 0.717) is 18.7 Å². The van der Waals surface area contributed by atoms with Gasteiger partial charge in [0.25, 0.3) is 0 Å². The van der Waals surface area contributed by atoms with Crippen molar-refractivity contribution in [3.63, 3.8) is 0 Å². The highest BCUT2D eigenvalue weighted by molar-refractivity contribution is 7.89. The van der Waals surface area contributed by atoms with E-state index in [-0.39, 0.29) is 10.5 Å². The lowest BCUT2D eigenvalue weighted by molar-refractivity contribution is 0.0696. The van der Waals surface area contributed by atoms with Crippen LogP contribution in [0, 0.1) is 0 Å². The minimum Gasteiger partial charge on any atom is -0.478 e. The van der Waals surface area contributed by atoms with Gasteiger partial charge >= 0.3 is 5.97 Å². The van der Waals surface area contributed by atoms with Crippen LogP contribution in [-0.4, -0.2) is 26.0 Å². The van der Waals surface area contributed by atoms with Crippen molar-refractivity contribution in [2.45, 2.75) is 24.3 Å². The van der Waals surface area contributed by atoms with E-state index in [1.807, 2.05) is 60.7 Å². The number of hydrogen-bond donors (Lipinski definition) is 3.